The van der Waals surface area contributed by atoms with Crippen molar-refractivity contribution in [2.45, 2.75) is 13.8 Å². The van der Waals surface area contributed by atoms with Gasteiger partial charge in [-0.15, -0.1) is 11.3 Å². The van der Waals surface area contributed by atoms with Crippen LogP contribution in [0.1, 0.15) is 27.2 Å². The number of carbonyl (C=O) groups excluding carboxylic acids is 1. The Kier molecular flexibility index (Phi) is 4.51. The summed E-state index contributed by atoms with van der Waals surface area (Å²) in [5.41, 5.74) is 2.97. The molecule has 0 atom stereocenters. The van der Waals surface area contributed by atoms with E-state index < -0.39 is 0 Å². The highest BCUT2D eigenvalue weighted by Gasteiger charge is 2.12. The quantitative estimate of drug-likeness (QED) is 0.833. The molecule has 0 fully saturated rings. The van der Waals surface area contributed by atoms with E-state index in [-0.39, 0.29) is 12.5 Å². The van der Waals surface area contributed by atoms with Gasteiger partial charge < -0.3 is 5.11 Å². The normalized spacial score (nSPS) is 9.75. The fraction of sp³-hybridized carbons (Fsp3) is 0.200. The molecule has 102 valence electrons. The predicted octanol–water partition coefficient (Wildman–Crippen LogP) is 2.36. The second-order valence-corrected chi connectivity index (χ2v) is 5.04. The molecule has 0 unspecified atom stereocenters. The first kappa shape index (κ1) is 14.3. The molecule has 0 bridgehead atoms. The number of amides is 1. The van der Waals surface area contributed by atoms with Crippen molar-refractivity contribution in [2.24, 2.45) is 0 Å². The van der Waals surface area contributed by atoms with Gasteiger partial charge in [0.05, 0.1) is 5.69 Å². The Balaban J connectivity index is 2.26. The molecule has 0 saturated heterocycles. The Morgan fingerprint density at radius 1 is 1.45 bits per heavy atom. The first-order chi connectivity index (χ1) is 9.61. The second kappa shape index (κ2) is 6.33. The first-order valence-electron chi connectivity index (χ1n) is 6.04. The molecular formula is C15H14N2O2S. The minimum Gasteiger partial charge on any atom is -0.384 e. The standard InChI is InChI=1S/C15H14N2O2S/c1-10-9-20-15(16-10)17-14(19)13-7-3-5-12(11(13)2)6-4-8-18/h3,5,7,9,18H,8H2,1-2H3,(H,16,17,19). The Morgan fingerprint density at radius 2 is 2.25 bits per heavy atom. The number of aryl methyl sites for hydroxylation is 1. The highest BCUT2D eigenvalue weighted by atomic mass is 32.1. The molecule has 1 aromatic heterocycles. The lowest BCUT2D eigenvalue weighted by Crippen LogP contribution is -2.13. The molecule has 2 rings (SSSR count). The monoisotopic (exact) mass is 286 g/mol. The third-order valence-corrected chi connectivity index (χ3v) is 3.60. The topological polar surface area (TPSA) is 62.2 Å². The highest BCUT2D eigenvalue weighted by Crippen LogP contribution is 2.18. The van der Waals surface area contributed by atoms with Gasteiger partial charge in [0.15, 0.2) is 5.13 Å². The van der Waals surface area contributed by atoms with Crippen molar-refractivity contribution < 1.29 is 9.90 Å². The third kappa shape index (κ3) is 3.23. The number of thiazole rings is 1. The molecule has 5 heteroatoms. The summed E-state index contributed by atoms with van der Waals surface area (Å²) >= 11 is 1.39. The Hall–Kier alpha value is -2.16. The van der Waals surface area contributed by atoms with Gasteiger partial charge in [-0.2, -0.15) is 0 Å². The average Bonchev–Trinajstić information content (AvgIpc) is 2.83. The fourth-order valence-electron chi connectivity index (χ4n) is 1.73. The minimum absolute atomic E-state index is 0.200. The zero-order chi connectivity index (χ0) is 14.5. The second-order valence-electron chi connectivity index (χ2n) is 4.19. The summed E-state index contributed by atoms with van der Waals surface area (Å²) in [5.74, 6) is 5.22. The van der Waals surface area contributed by atoms with Crippen molar-refractivity contribution in [1.29, 1.82) is 0 Å². The van der Waals surface area contributed by atoms with Crippen LogP contribution in [-0.4, -0.2) is 22.6 Å². The van der Waals surface area contributed by atoms with Crippen LogP contribution in [0, 0.1) is 25.7 Å². The molecular weight excluding hydrogens is 272 g/mol. The van der Waals surface area contributed by atoms with Crippen LogP contribution in [0.3, 0.4) is 0 Å². The maximum atomic E-state index is 12.2. The summed E-state index contributed by atoms with van der Waals surface area (Å²) in [6.07, 6.45) is 0. The van der Waals surface area contributed by atoms with Gasteiger partial charge in [0.25, 0.3) is 5.91 Å². The first-order valence-corrected chi connectivity index (χ1v) is 6.92. The lowest BCUT2D eigenvalue weighted by Gasteiger charge is -2.07. The number of carbonyl (C=O) groups is 1. The van der Waals surface area contributed by atoms with E-state index in [1.807, 2.05) is 25.3 Å². The van der Waals surface area contributed by atoms with Crippen LogP contribution in [0.15, 0.2) is 23.6 Å². The minimum atomic E-state index is -0.204. The van der Waals surface area contributed by atoms with Gasteiger partial charge in [-0.3, -0.25) is 10.1 Å². The van der Waals surface area contributed by atoms with Gasteiger partial charge in [-0.1, -0.05) is 17.9 Å². The SMILES string of the molecule is Cc1csc(NC(=O)c2cccc(C#CCO)c2C)n1. The Labute approximate surface area is 121 Å². The number of rotatable bonds is 2. The number of aliphatic hydroxyl groups is 1. The van der Waals surface area contributed by atoms with Gasteiger partial charge in [0, 0.05) is 16.5 Å². The van der Waals surface area contributed by atoms with E-state index in [4.69, 9.17) is 5.11 Å². The van der Waals surface area contributed by atoms with Crippen LogP contribution in [0.4, 0.5) is 5.13 Å². The number of nitrogens with zero attached hydrogens (tertiary/aromatic N) is 1. The molecule has 4 nitrogen and oxygen atoms in total. The molecule has 0 aliphatic heterocycles. The van der Waals surface area contributed by atoms with Gasteiger partial charge in [-0.25, -0.2) is 4.98 Å². The van der Waals surface area contributed by atoms with E-state index in [0.29, 0.717) is 10.7 Å². The molecule has 20 heavy (non-hydrogen) atoms. The zero-order valence-electron chi connectivity index (χ0n) is 11.2. The molecule has 1 aromatic carbocycles. The molecule has 0 radical (unpaired) electrons. The van der Waals surface area contributed by atoms with Crippen molar-refractivity contribution in [3.63, 3.8) is 0 Å². The van der Waals surface area contributed by atoms with Crippen LogP contribution in [0.25, 0.3) is 0 Å². The Bertz CT molecular complexity index is 695. The average molecular weight is 286 g/mol. The van der Waals surface area contributed by atoms with Crippen molar-refractivity contribution in [1.82, 2.24) is 4.98 Å². The van der Waals surface area contributed by atoms with Gasteiger partial charge in [-0.05, 0) is 31.5 Å². The summed E-state index contributed by atoms with van der Waals surface area (Å²) in [5, 5.41) is 14.0. The maximum Gasteiger partial charge on any atom is 0.257 e. The molecule has 1 amide bonds. The summed E-state index contributed by atoms with van der Waals surface area (Å²) in [6, 6.07) is 5.34. The fourth-order valence-corrected chi connectivity index (χ4v) is 2.41. The molecule has 0 aliphatic rings. The summed E-state index contributed by atoms with van der Waals surface area (Å²) < 4.78 is 0. The van der Waals surface area contributed by atoms with E-state index in [2.05, 4.69) is 22.1 Å². The number of nitrogens with one attached hydrogen (secondary N) is 1. The molecule has 0 saturated carbocycles. The number of hydrogen-bond donors (Lipinski definition) is 2. The van der Waals surface area contributed by atoms with Crippen LogP contribution in [-0.2, 0) is 0 Å². The molecule has 2 aromatic rings. The summed E-state index contributed by atoms with van der Waals surface area (Å²) in [4.78, 5) is 16.4. The maximum absolute atomic E-state index is 12.2. The smallest absolute Gasteiger partial charge is 0.257 e. The van der Waals surface area contributed by atoms with Gasteiger partial charge in [0.1, 0.15) is 6.61 Å². The highest BCUT2D eigenvalue weighted by molar-refractivity contribution is 7.13. The molecule has 1 heterocycles. The van der Waals surface area contributed by atoms with Crippen molar-refractivity contribution in [2.75, 3.05) is 11.9 Å². The van der Waals surface area contributed by atoms with E-state index in [1.165, 1.54) is 11.3 Å². The van der Waals surface area contributed by atoms with Crippen molar-refractivity contribution in [3.8, 4) is 11.8 Å². The van der Waals surface area contributed by atoms with Crippen LogP contribution in [0.2, 0.25) is 0 Å². The number of hydrogen-bond acceptors (Lipinski definition) is 4. The summed E-state index contributed by atoms with van der Waals surface area (Å²) in [7, 11) is 0. The van der Waals surface area contributed by atoms with Crippen LogP contribution < -0.4 is 5.32 Å². The summed E-state index contributed by atoms with van der Waals surface area (Å²) in [6.45, 7) is 3.51. The van der Waals surface area contributed by atoms with E-state index >= 15 is 0 Å². The van der Waals surface area contributed by atoms with Crippen molar-refractivity contribution in [3.05, 3.63) is 46.0 Å². The largest absolute Gasteiger partial charge is 0.384 e. The predicted molar refractivity (Wildman–Crippen MR) is 79.9 cm³/mol. The van der Waals surface area contributed by atoms with Crippen LogP contribution in [0.5, 0.6) is 0 Å². The number of aliphatic hydroxyl groups excluding tert-OH is 1. The van der Waals surface area contributed by atoms with Gasteiger partial charge >= 0.3 is 0 Å². The molecule has 2 N–H and O–H groups in total. The number of aromatic nitrogens is 1. The number of anilines is 1. The lowest BCUT2D eigenvalue weighted by atomic mass is 10.0. The Morgan fingerprint density at radius 3 is 2.90 bits per heavy atom. The van der Waals surface area contributed by atoms with Crippen molar-refractivity contribution >= 4 is 22.4 Å². The third-order valence-electron chi connectivity index (χ3n) is 2.72. The van der Waals surface area contributed by atoms with Gasteiger partial charge in [0.2, 0.25) is 0 Å². The zero-order valence-corrected chi connectivity index (χ0v) is 12.0. The van der Waals surface area contributed by atoms with E-state index in [0.717, 1.165) is 16.8 Å². The van der Waals surface area contributed by atoms with E-state index in [1.54, 1.807) is 12.1 Å². The molecule has 0 spiro atoms. The lowest BCUT2D eigenvalue weighted by molar-refractivity contribution is 0.102. The number of benzene rings is 1. The van der Waals surface area contributed by atoms with Crippen LogP contribution >= 0.6 is 11.3 Å². The van der Waals surface area contributed by atoms with E-state index in [9.17, 15) is 4.79 Å². The molecule has 0 aliphatic carbocycles.